The molecule has 0 saturated carbocycles. The van der Waals surface area contributed by atoms with Crippen molar-refractivity contribution in [3.05, 3.63) is 29.3 Å². The maximum atomic E-state index is 8.40. The molecule has 0 saturated heterocycles. The molecular weight excluding hydrogens is 214 g/mol. The fourth-order valence-corrected chi connectivity index (χ4v) is 1.36. The lowest BCUT2D eigenvalue weighted by atomic mass is 10.2. The number of nitrogens with zero attached hydrogens (tertiary/aromatic N) is 1. The molecule has 0 radical (unpaired) electrons. The lowest BCUT2D eigenvalue weighted by Gasteiger charge is -2.14. The van der Waals surface area contributed by atoms with Crippen LogP contribution in [0.5, 0.6) is 0 Å². The van der Waals surface area contributed by atoms with Crippen molar-refractivity contribution < 1.29 is 5.21 Å². The Morgan fingerprint density at radius 1 is 1.53 bits per heavy atom. The molecule has 1 unspecified atom stereocenters. The van der Waals surface area contributed by atoms with Gasteiger partial charge in [0.15, 0.2) is 0 Å². The largest absolute Gasteiger partial charge is 0.409 e. The summed E-state index contributed by atoms with van der Waals surface area (Å²) in [4.78, 5) is 0. The van der Waals surface area contributed by atoms with Crippen LogP contribution in [-0.2, 0) is 0 Å². The molecule has 4 N–H and O–H groups in total. The van der Waals surface area contributed by atoms with Crippen molar-refractivity contribution in [1.82, 2.24) is 0 Å². The highest BCUT2D eigenvalue weighted by Gasteiger charge is 2.04. The predicted octanol–water partition coefficient (Wildman–Crippen LogP) is 2.28. The van der Waals surface area contributed by atoms with Gasteiger partial charge in [-0.25, -0.2) is 0 Å². The number of halogens is 1. The Morgan fingerprint density at radius 2 is 2.13 bits per heavy atom. The van der Waals surface area contributed by atoms with Gasteiger partial charge in [0.05, 0.1) is 0 Å². The zero-order valence-corrected chi connectivity index (χ0v) is 9.20. The van der Waals surface area contributed by atoms with Crippen LogP contribution in [0, 0.1) is 0 Å². The Hall–Kier alpha value is -1.42. The Bertz CT molecular complexity index is 337. The molecule has 0 aliphatic heterocycles. The predicted molar refractivity (Wildman–Crippen MR) is 62.6 cm³/mol. The molecule has 0 spiro atoms. The first-order chi connectivity index (χ1) is 7.11. The van der Waals surface area contributed by atoms with Gasteiger partial charge in [-0.3, -0.25) is 0 Å². The molecule has 0 amide bonds. The first kappa shape index (κ1) is 11.7. The molecular formula is C10H14ClN3O. The second-order valence-corrected chi connectivity index (χ2v) is 3.78. The first-order valence-corrected chi connectivity index (χ1v) is 4.98. The SMILES string of the molecule is CC(CC(N)=NO)Nc1ccc(Cl)cc1. The lowest BCUT2D eigenvalue weighted by Crippen LogP contribution is -2.24. The van der Waals surface area contributed by atoms with E-state index in [4.69, 9.17) is 22.5 Å². The van der Waals surface area contributed by atoms with Gasteiger partial charge in [0, 0.05) is 23.2 Å². The lowest BCUT2D eigenvalue weighted by molar-refractivity contribution is 0.316. The number of rotatable bonds is 4. The van der Waals surface area contributed by atoms with Crippen molar-refractivity contribution >= 4 is 23.1 Å². The van der Waals surface area contributed by atoms with Crippen molar-refractivity contribution in [1.29, 1.82) is 0 Å². The number of benzene rings is 1. The number of oxime groups is 1. The molecule has 0 aliphatic rings. The van der Waals surface area contributed by atoms with Crippen LogP contribution in [0.2, 0.25) is 5.02 Å². The van der Waals surface area contributed by atoms with Gasteiger partial charge in [-0.1, -0.05) is 16.8 Å². The Kier molecular flexibility index (Phi) is 4.24. The maximum absolute atomic E-state index is 8.40. The monoisotopic (exact) mass is 227 g/mol. The van der Waals surface area contributed by atoms with Crippen LogP contribution in [0.1, 0.15) is 13.3 Å². The van der Waals surface area contributed by atoms with Crippen LogP contribution in [-0.4, -0.2) is 17.1 Å². The third kappa shape index (κ3) is 4.08. The third-order valence-electron chi connectivity index (χ3n) is 1.90. The molecule has 0 aromatic heterocycles. The standard InChI is InChI=1S/C10H14ClN3O/c1-7(6-10(12)14-15)13-9-4-2-8(11)3-5-9/h2-5,7,13,15H,6H2,1H3,(H2,12,14). The van der Waals surface area contributed by atoms with Crippen LogP contribution < -0.4 is 11.1 Å². The molecule has 4 nitrogen and oxygen atoms in total. The first-order valence-electron chi connectivity index (χ1n) is 4.60. The van der Waals surface area contributed by atoms with E-state index in [2.05, 4.69) is 10.5 Å². The molecule has 1 aromatic carbocycles. The molecule has 1 aromatic rings. The molecule has 0 aliphatic carbocycles. The Labute approximate surface area is 93.7 Å². The second-order valence-electron chi connectivity index (χ2n) is 3.35. The Morgan fingerprint density at radius 3 is 2.67 bits per heavy atom. The molecule has 15 heavy (non-hydrogen) atoms. The molecule has 0 bridgehead atoms. The summed E-state index contributed by atoms with van der Waals surface area (Å²) in [6, 6.07) is 7.47. The molecule has 82 valence electrons. The van der Waals surface area contributed by atoms with E-state index in [0.29, 0.717) is 11.4 Å². The van der Waals surface area contributed by atoms with Crippen molar-refractivity contribution in [2.24, 2.45) is 10.9 Å². The number of hydrogen-bond donors (Lipinski definition) is 3. The Balaban J connectivity index is 2.51. The van der Waals surface area contributed by atoms with Gasteiger partial charge in [-0.15, -0.1) is 0 Å². The average Bonchev–Trinajstić information content (AvgIpc) is 2.21. The van der Waals surface area contributed by atoms with E-state index in [0.717, 1.165) is 5.69 Å². The highest BCUT2D eigenvalue weighted by molar-refractivity contribution is 6.30. The number of amidine groups is 1. The summed E-state index contributed by atoms with van der Waals surface area (Å²) < 4.78 is 0. The van der Waals surface area contributed by atoms with E-state index in [1.165, 1.54) is 0 Å². The van der Waals surface area contributed by atoms with Gasteiger partial charge in [-0.05, 0) is 31.2 Å². The van der Waals surface area contributed by atoms with Gasteiger partial charge in [0.1, 0.15) is 5.84 Å². The van der Waals surface area contributed by atoms with E-state index in [1.54, 1.807) is 12.1 Å². The highest BCUT2D eigenvalue weighted by Crippen LogP contribution is 2.14. The summed E-state index contributed by atoms with van der Waals surface area (Å²) >= 11 is 5.76. The fraction of sp³-hybridized carbons (Fsp3) is 0.300. The van der Waals surface area contributed by atoms with E-state index < -0.39 is 0 Å². The van der Waals surface area contributed by atoms with Gasteiger partial charge in [0.25, 0.3) is 0 Å². The summed E-state index contributed by atoms with van der Waals surface area (Å²) in [5, 5.41) is 15.2. The fourth-order valence-electron chi connectivity index (χ4n) is 1.24. The minimum atomic E-state index is 0.0991. The van der Waals surface area contributed by atoms with Crippen LogP contribution >= 0.6 is 11.6 Å². The summed E-state index contributed by atoms with van der Waals surface area (Å²) in [7, 11) is 0. The van der Waals surface area contributed by atoms with E-state index in [9.17, 15) is 0 Å². The van der Waals surface area contributed by atoms with Crippen LogP contribution in [0.3, 0.4) is 0 Å². The normalized spacial score (nSPS) is 13.6. The van der Waals surface area contributed by atoms with Crippen molar-refractivity contribution in [3.8, 4) is 0 Å². The summed E-state index contributed by atoms with van der Waals surface area (Å²) in [5.74, 6) is 0.212. The number of nitrogens with two attached hydrogens (primary N) is 1. The topological polar surface area (TPSA) is 70.6 Å². The van der Waals surface area contributed by atoms with E-state index >= 15 is 0 Å². The van der Waals surface area contributed by atoms with E-state index in [-0.39, 0.29) is 11.9 Å². The maximum Gasteiger partial charge on any atom is 0.141 e. The quantitative estimate of drug-likeness (QED) is 0.320. The summed E-state index contributed by atoms with van der Waals surface area (Å²) in [5.41, 5.74) is 6.35. The minimum Gasteiger partial charge on any atom is -0.409 e. The van der Waals surface area contributed by atoms with Crippen molar-refractivity contribution in [2.75, 3.05) is 5.32 Å². The number of nitrogens with one attached hydrogen (secondary N) is 1. The molecule has 1 rings (SSSR count). The van der Waals surface area contributed by atoms with E-state index in [1.807, 2.05) is 19.1 Å². The van der Waals surface area contributed by atoms with Crippen molar-refractivity contribution in [3.63, 3.8) is 0 Å². The highest BCUT2D eigenvalue weighted by atomic mass is 35.5. The number of anilines is 1. The van der Waals surface area contributed by atoms with Gasteiger partial charge < -0.3 is 16.3 Å². The molecule has 0 heterocycles. The van der Waals surface area contributed by atoms with Crippen molar-refractivity contribution in [2.45, 2.75) is 19.4 Å². The third-order valence-corrected chi connectivity index (χ3v) is 2.15. The van der Waals surface area contributed by atoms with Gasteiger partial charge >= 0.3 is 0 Å². The van der Waals surface area contributed by atoms with Gasteiger partial charge in [0.2, 0.25) is 0 Å². The summed E-state index contributed by atoms with van der Waals surface area (Å²) in [6.45, 7) is 1.95. The summed E-state index contributed by atoms with van der Waals surface area (Å²) in [6.07, 6.45) is 0.485. The molecule has 0 fully saturated rings. The number of hydrogen-bond acceptors (Lipinski definition) is 3. The van der Waals surface area contributed by atoms with Gasteiger partial charge in [-0.2, -0.15) is 0 Å². The second kappa shape index (κ2) is 5.46. The molecule has 1 atom stereocenters. The zero-order chi connectivity index (χ0) is 11.3. The minimum absolute atomic E-state index is 0.0991. The average molecular weight is 228 g/mol. The van der Waals surface area contributed by atoms with Crippen LogP contribution in [0.15, 0.2) is 29.4 Å². The zero-order valence-electron chi connectivity index (χ0n) is 8.44. The van der Waals surface area contributed by atoms with Crippen LogP contribution in [0.4, 0.5) is 5.69 Å². The van der Waals surface area contributed by atoms with Crippen LogP contribution in [0.25, 0.3) is 0 Å². The smallest absolute Gasteiger partial charge is 0.141 e. The molecule has 5 heteroatoms.